The Morgan fingerprint density at radius 1 is 1.18 bits per heavy atom. The second-order valence-corrected chi connectivity index (χ2v) is 5.70. The maximum absolute atomic E-state index is 11.8. The van der Waals surface area contributed by atoms with Gasteiger partial charge in [0.2, 0.25) is 0 Å². The molecule has 6 heteroatoms. The fourth-order valence-electron chi connectivity index (χ4n) is 1.97. The molecule has 5 nitrogen and oxygen atoms in total. The number of hydrogen-bond donors (Lipinski definition) is 0. The molecule has 0 spiro atoms. The van der Waals surface area contributed by atoms with E-state index < -0.39 is 10.2 Å². The van der Waals surface area contributed by atoms with Gasteiger partial charge in [-0.1, -0.05) is 43.3 Å². The fraction of sp³-hybridized carbons (Fsp3) is 0.188. The molecule has 0 aliphatic heterocycles. The van der Waals surface area contributed by atoms with Crippen molar-refractivity contribution in [3.05, 3.63) is 70.3 Å². The smallest absolute Gasteiger partial charge is 0.372 e. The first-order chi connectivity index (χ1) is 10.6. The summed E-state index contributed by atoms with van der Waals surface area (Å²) in [7, 11) is 0. The Morgan fingerprint density at radius 2 is 1.82 bits per heavy atom. The van der Waals surface area contributed by atoms with Gasteiger partial charge >= 0.3 is 5.30 Å². The Bertz CT molecular complexity index is 660. The molecule has 0 saturated carbocycles. The van der Waals surface area contributed by atoms with E-state index in [1.807, 2.05) is 30.3 Å². The topological polar surface area (TPSA) is 69.4 Å². The number of para-hydroxylation sites is 1. The molecule has 0 saturated heterocycles. The molecule has 1 atom stereocenters. The van der Waals surface area contributed by atoms with E-state index in [1.54, 1.807) is 25.1 Å². The number of thioether (sulfide) groups is 1. The molecule has 114 valence electrons. The van der Waals surface area contributed by atoms with Crippen LogP contribution in [0.1, 0.15) is 18.4 Å². The first-order valence-corrected chi connectivity index (χ1v) is 7.52. The highest BCUT2D eigenvalue weighted by atomic mass is 32.2. The first kappa shape index (κ1) is 16.0. The average Bonchev–Trinajstić information content (AvgIpc) is 2.53. The lowest BCUT2D eigenvalue weighted by Gasteiger charge is -2.12. The molecule has 0 bridgehead atoms. The maximum Gasteiger partial charge on any atom is 0.372 e. The number of benzene rings is 2. The summed E-state index contributed by atoms with van der Waals surface area (Å²) in [5.41, 5.74) is 0.603. The number of carbonyl (C=O) groups is 1. The van der Waals surface area contributed by atoms with Crippen molar-refractivity contribution in [2.24, 2.45) is 0 Å². The van der Waals surface area contributed by atoms with E-state index in [-0.39, 0.29) is 18.2 Å². The summed E-state index contributed by atoms with van der Waals surface area (Å²) in [5.74, 6) is -0.248. The molecular weight excluding hydrogens is 302 g/mol. The van der Waals surface area contributed by atoms with Crippen molar-refractivity contribution >= 4 is 22.8 Å². The van der Waals surface area contributed by atoms with Gasteiger partial charge in [0, 0.05) is 22.4 Å². The van der Waals surface area contributed by atoms with E-state index in [9.17, 15) is 14.9 Å². The summed E-state index contributed by atoms with van der Waals surface area (Å²) in [6, 6.07) is 15.7. The highest BCUT2D eigenvalue weighted by Gasteiger charge is 2.19. The monoisotopic (exact) mass is 317 g/mol. The molecule has 0 aliphatic rings. The minimum Gasteiger partial charge on any atom is -0.457 e. The second-order valence-electron chi connectivity index (χ2n) is 4.69. The molecule has 0 aromatic heterocycles. The molecule has 0 N–H and O–H groups in total. The van der Waals surface area contributed by atoms with Crippen molar-refractivity contribution < 1.29 is 14.5 Å². The van der Waals surface area contributed by atoms with Crippen LogP contribution in [-0.2, 0) is 4.74 Å². The summed E-state index contributed by atoms with van der Waals surface area (Å²) in [5, 5.41) is 10.6. The van der Waals surface area contributed by atoms with Crippen molar-refractivity contribution in [1.29, 1.82) is 0 Å². The molecule has 2 aromatic rings. The quantitative estimate of drug-likeness (QED) is 0.348. The number of carbonyl (C=O) groups excluding carboxylic acids is 1. The molecule has 22 heavy (non-hydrogen) atoms. The van der Waals surface area contributed by atoms with Crippen molar-refractivity contribution in [3.63, 3.8) is 0 Å². The van der Waals surface area contributed by atoms with Gasteiger partial charge in [0.25, 0.3) is 5.69 Å². The predicted octanol–water partition coefficient (Wildman–Crippen LogP) is 4.63. The van der Waals surface area contributed by atoms with Crippen LogP contribution in [-0.4, -0.2) is 16.8 Å². The Hall–Kier alpha value is -2.34. The van der Waals surface area contributed by atoms with Crippen molar-refractivity contribution in [2.45, 2.75) is 17.7 Å². The molecule has 0 fully saturated rings. The van der Waals surface area contributed by atoms with Gasteiger partial charge in [-0.25, -0.2) is 4.79 Å². The lowest BCUT2D eigenvalue weighted by atomic mass is 10.0. The standard InChI is InChI=1S/C16H15NO4S/c1-12(14-9-5-6-10-15(14)17(19)20)11-21-16(18)22-13-7-3-2-4-8-13/h2-10,12H,11H2,1H3. The molecule has 0 amide bonds. The molecule has 2 rings (SSSR count). The van der Waals surface area contributed by atoms with Crippen molar-refractivity contribution in [2.75, 3.05) is 6.61 Å². The minimum absolute atomic E-state index is 0.0433. The third kappa shape index (κ3) is 4.33. The molecule has 0 heterocycles. The Morgan fingerprint density at radius 3 is 2.50 bits per heavy atom. The highest BCUT2D eigenvalue weighted by molar-refractivity contribution is 8.13. The fourth-order valence-corrected chi connectivity index (χ4v) is 2.58. The van der Waals surface area contributed by atoms with Crippen LogP contribution in [0, 0.1) is 10.1 Å². The van der Waals surface area contributed by atoms with Gasteiger partial charge in [-0.2, -0.15) is 0 Å². The van der Waals surface area contributed by atoms with Gasteiger partial charge in [0.1, 0.15) is 0 Å². The zero-order valence-electron chi connectivity index (χ0n) is 12.0. The molecule has 1 unspecified atom stereocenters. The summed E-state index contributed by atoms with van der Waals surface area (Å²) in [4.78, 5) is 23.1. The second kappa shape index (κ2) is 7.61. The SMILES string of the molecule is CC(COC(=O)Sc1ccccc1)c1ccccc1[N+](=O)[O-]. The van der Waals surface area contributed by atoms with Gasteiger partial charge in [0.15, 0.2) is 0 Å². The van der Waals surface area contributed by atoms with Gasteiger partial charge < -0.3 is 4.74 Å². The van der Waals surface area contributed by atoms with E-state index in [1.165, 1.54) is 6.07 Å². The Labute approximate surface area is 132 Å². The number of ether oxygens (including phenoxy) is 1. The van der Waals surface area contributed by atoms with Crippen LogP contribution in [0.2, 0.25) is 0 Å². The Kier molecular flexibility index (Phi) is 5.55. The Balaban J connectivity index is 1.94. The summed E-state index contributed by atoms with van der Waals surface area (Å²) in [6.07, 6.45) is 0. The summed E-state index contributed by atoms with van der Waals surface area (Å²) in [6.45, 7) is 1.90. The molecular formula is C16H15NO4S. The normalized spacial score (nSPS) is 11.7. The lowest BCUT2D eigenvalue weighted by molar-refractivity contribution is -0.385. The first-order valence-electron chi connectivity index (χ1n) is 6.71. The average molecular weight is 317 g/mol. The number of nitro groups is 1. The third-order valence-corrected chi connectivity index (χ3v) is 3.85. The van der Waals surface area contributed by atoms with Gasteiger partial charge in [-0.15, -0.1) is 0 Å². The lowest BCUT2D eigenvalue weighted by Crippen LogP contribution is -2.09. The number of hydrogen-bond acceptors (Lipinski definition) is 5. The maximum atomic E-state index is 11.8. The number of rotatable bonds is 5. The van der Waals surface area contributed by atoms with Crippen LogP contribution in [0.5, 0.6) is 0 Å². The van der Waals surface area contributed by atoms with Gasteiger partial charge in [0.05, 0.1) is 11.5 Å². The summed E-state index contributed by atoms with van der Waals surface area (Å²) < 4.78 is 5.20. The van der Waals surface area contributed by atoms with E-state index in [2.05, 4.69) is 0 Å². The van der Waals surface area contributed by atoms with Crippen LogP contribution in [0.4, 0.5) is 10.5 Å². The number of nitrogens with zero attached hydrogens (tertiary/aromatic N) is 1. The van der Waals surface area contributed by atoms with Crippen LogP contribution < -0.4 is 0 Å². The molecule has 0 aliphatic carbocycles. The zero-order valence-corrected chi connectivity index (χ0v) is 12.8. The minimum atomic E-state index is -0.424. The van der Waals surface area contributed by atoms with Crippen LogP contribution in [0.25, 0.3) is 0 Å². The predicted molar refractivity (Wildman–Crippen MR) is 85.2 cm³/mol. The van der Waals surface area contributed by atoms with Gasteiger partial charge in [-0.05, 0) is 23.9 Å². The highest BCUT2D eigenvalue weighted by Crippen LogP contribution is 2.27. The van der Waals surface area contributed by atoms with E-state index >= 15 is 0 Å². The van der Waals surface area contributed by atoms with Crippen molar-refractivity contribution in [3.8, 4) is 0 Å². The van der Waals surface area contributed by atoms with E-state index in [4.69, 9.17) is 4.74 Å². The van der Waals surface area contributed by atoms with Crippen LogP contribution in [0.15, 0.2) is 59.5 Å². The van der Waals surface area contributed by atoms with Crippen LogP contribution >= 0.6 is 11.8 Å². The van der Waals surface area contributed by atoms with Crippen molar-refractivity contribution in [1.82, 2.24) is 0 Å². The largest absolute Gasteiger partial charge is 0.457 e. The number of nitro benzene ring substituents is 1. The molecule has 0 radical (unpaired) electrons. The summed E-state index contributed by atoms with van der Waals surface area (Å²) >= 11 is 0.996. The van der Waals surface area contributed by atoms with E-state index in [0.717, 1.165) is 16.7 Å². The third-order valence-electron chi connectivity index (χ3n) is 3.06. The molecule has 2 aromatic carbocycles. The van der Waals surface area contributed by atoms with Crippen LogP contribution in [0.3, 0.4) is 0 Å². The zero-order chi connectivity index (χ0) is 15.9. The van der Waals surface area contributed by atoms with E-state index in [0.29, 0.717) is 5.56 Å². The van der Waals surface area contributed by atoms with Gasteiger partial charge in [-0.3, -0.25) is 10.1 Å².